The van der Waals surface area contributed by atoms with Crippen LogP contribution in [0, 0.1) is 0 Å². The molecule has 0 aromatic heterocycles. The maximum absolute atomic E-state index is 13.6. The summed E-state index contributed by atoms with van der Waals surface area (Å²) < 4.78 is 0. The quantitative estimate of drug-likeness (QED) is 0.414. The third-order valence-electron chi connectivity index (χ3n) is 5.02. The molecule has 4 nitrogen and oxygen atoms in total. The SMILES string of the molecule is CN1/C(=C2/SC(=Nc3ccccc3)N(Cc3ccccc3)C2=O)Sc2ccc(Cl)cc21. The molecule has 0 radical (unpaired) electrons. The summed E-state index contributed by atoms with van der Waals surface area (Å²) in [6, 6.07) is 25.5. The number of nitrogens with zero attached hydrogens (tertiary/aromatic N) is 3. The Labute approximate surface area is 194 Å². The van der Waals surface area contributed by atoms with Gasteiger partial charge in [-0.3, -0.25) is 9.69 Å². The summed E-state index contributed by atoms with van der Waals surface area (Å²) in [5, 5.41) is 2.27. The van der Waals surface area contributed by atoms with Crippen molar-refractivity contribution in [1.82, 2.24) is 4.90 Å². The van der Waals surface area contributed by atoms with E-state index in [0.29, 0.717) is 21.6 Å². The van der Waals surface area contributed by atoms with E-state index in [-0.39, 0.29) is 5.91 Å². The monoisotopic (exact) mass is 463 g/mol. The zero-order chi connectivity index (χ0) is 21.4. The fraction of sp³-hybridized carbons (Fsp3) is 0.0833. The average molecular weight is 464 g/mol. The zero-order valence-corrected chi connectivity index (χ0v) is 19.0. The van der Waals surface area contributed by atoms with Gasteiger partial charge in [0.25, 0.3) is 5.91 Å². The molecule has 0 bridgehead atoms. The Balaban J connectivity index is 1.55. The largest absolute Gasteiger partial charge is 0.337 e. The Bertz CT molecular complexity index is 1210. The van der Waals surface area contributed by atoms with Gasteiger partial charge in [-0.25, -0.2) is 4.99 Å². The van der Waals surface area contributed by atoms with Crippen LogP contribution in [-0.2, 0) is 11.3 Å². The Morgan fingerprint density at radius 2 is 1.65 bits per heavy atom. The molecule has 0 N–H and O–H groups in total. The van der Waals surface area contributed by atoms with Gasteiger partial charge in [-0.05, 0) is 47.7 Å². The van der Waals surface area contributed by atoms with Gasteiger partial charge in [-0.1, -0.05) is 71.9 Å². The van der Waals surface area contributed by atoms with E-state index in [1.54, 1.807) is 16.7 Å². The number of rotatable bonds is 3. The summed E-state index contributed by atoms with van der Waals surface area (Å²) in [5.41, 5.74) is 2.90. The standard InChI is InChI=1S/C24H18ClN3OS2/c1-27-19-14-17(25)12-13-20(19)30-23(27)21-22(29)28(15-16-8-4-2-5-9-16)24(31-21)26-18-10-6-3-7-11-18/h2-14H,15H2,1H3/b23-21-,26-24?. The molecule has 1 fully saturated rings. The van der Waals surface area contributed by atoms with Gasteiger partial charge in [0.05, 0.1) is 22.9 Å². The summed E-state index contributed by atoms with van der Waals surface area (Å²) in [6.07, 6.45) is 0. The van der Waals surface area contributed by atoms with Crippen LogP contribution in [0.25, 0.3) is 0 Å². The second kappa shape index (κ2) is 8.46. The molecular formula is C24H18ClN3OS2. The number of hydrogen-bond donors (Lipinski definition) is 0. The summed E-state index contributed by atoms with van der Waals surface area (Å²) in [4.78, 5) is 23.9. The molecule has 2 aliphatic heterocycles. The summed E-state index contributed by atoms with van der Waals surface area (Å²) in [7, 11) is 1.97. The van der Waals surface area contributed by atoms with Gasteiger partial charge < -0.3 is 4.90 Å². The van der Waals surface area contributed by atoms with Gasteiger partial charge in [-0.2, -0.15) is 0 Å². The second-order valence-electron chi connectivity index (χ2n) is 7.12. The van der Waals surface area contributed by atoms with Gasteiger partial charge in [-0.15, -0.1) is 0 Å². The van der Waals surface area contributed by atoms with Crippen molar-refractivity contribution in [2.75, 3.05) is 11.9 Å². The third-order valence-corrected chi connectivity index (χ3v) is 7.68. The number of carbonyl (C=O) groups is 1. The molecule has 0 aliphatic carbocycles. The first kappa shape index (κ1) is 20.2. The Morgan fingerprint density at radius 3 is 2.39 bits per heavy atom. The summed E-state index contributed by atoms with van der Waals surface area (Å²) in [5.74, 6) is -0.0308. The van der Waals surface area contributed by atoms with Crippen LogP contribution in [-0.4, -0.2) is 23.0 Å². The molecule has 31 heavy (non-hydrogen) atoms. The van der Waals surface area contributed by atoms with Gasteiger partial charge in [0.2, 0.25) is 0 Å². The lowest BCUT2D eigenvalue weighted by atomic mass is 10.2. The highest BCUT2D eigenvalue weighted by molar-refractivity contribution is 8.19. The van der Waals surface area contributed by atoms with Crippen molar-refractivity contribution in [1.29, 1.82) is 0 Å². The lowest BCUT2D eigenvalue weighted by Crippen LogP contribution is -2.29. The first-order valence-corrected chi connectivity index (χ1v) is 11.7. The first-order chi connectivity index (χ1) is 15.1. The molecule has 2 aliphatic rings. The van der Waals surface area contributed by atoms with Crippen LogP contribution >= 0.6 is 35.1 Å². The molecule has 0 spiro atoms. The first-order valence-electron chi connectivity index (χ1n) is 9.73. The molecule has 3 aromatic carbocycles. The van der Waals surface area contributed by atoms with Crippen LogP contribution in [0.1, 0.15) is 5.56 Å². The minimum absolute atomic E-state index is 0.0308. The van der Waals surface area contributed by atoms with Crippen molar-refractivity contribution < 1.29 is 4.79 Å². The summed E-state index contributed by atoms with van der Waals surface area (Å²) >= 11 is 9.22. The van der Waals surface area contributed by atoms with E-state index in [1.807, 2.05) is 90.8 Å². The number of para-hydroxylation sites is 1. The number of amidine groups is 1. The van der Waals surface area contributed by atoms with E-state index in [4.69, 9.17) is 16.6 Å². The van der Waals surface area contributed by atoms with E-state index in [9.17, 15) is 4.79 Å². The fourth-order valence-electron chi connectivity index (χ4n) is 3.46. The van der Waals surface area contributed by atoms with E-state index >= 15 is 0 Å². The molecule has 3 aromatic rings. The van der Waals surface area contributed by atoms with Gasteiger partial charge in [0, 0.05) is 17.0 Å². The maximum atomic E-state index is 13.6. The highest BCUT2D eigenvalue weighted by Crippen LogP contribution is 2.50. The van der Waals surface area contributed by atoms with Gasteiger partial charge in [0.15, 0.2) is 5.17 Å². The molecule has 0 atom stereocenters. The Morgan fingerprint density at radius 1 is 0.935 bits per heavy atom. The normalized spacial score (nSPS) is 19.4. The van der Waals surface area contributed by atoms with Crippen molar-refractivity contribution in [2.24, 2.45) is 4.99 Å². The molecule has 2 heterocycles. The van der Waals surface area contributed by atoms with Crippen LogP contribution in [0.2, 0.25) is 5.02 Å². The highest BCUT2D eigenvalue weighted by Gasteiger charge is 2.39. The number of carbonyl (C=O) groups excluding carboxylic acids is 1. The van der Waals surface area contributed by atoms with Crippen LogP contribution in [0.5, 0.6) is 0 Å². The molecule has 154 valence electrons. The van der Waals surface area contributed by atoms with Crippen molar-refractivity contribution >= 4 is 57.6 Å². The number of halogens is 1. The average Bonchev–Trinajstić information content (AvgIpc) is 3.26. The number of anilines is 1. The summed E-state index contributed by atoms with van der Waals surface area (Å²) in [6.45, 7) is 0.474. The number of hydrogen-bond acceptors (Lipinski definition) is 5. The highest BCUT2D eigenvalue weighted by atomic mass is 35.5. The predicted octanol–water partition coefficient (Wildman–Crippen LogP) is 6.51. The minimum atomic E-state index is -0.0308. The lowest BCUT2D eigenvalue weighted by molar-refractivity contribution is -0.122. The van der Waals surface area contributed by atoms with Crippen molar-refractivity contribution in [3.05, 3.63) is 99.4 Å². The number of aliphatic imine (C=N–C) groups is 1. The fourth-order valence-corrected chi connectivity index (χ4v) is 5.95. The topological polar surface area (TPSA) is 35.9 Å². The molecule has 1 amide bonds. The molecule has 5 rings (SSSR count). The smallest absolute Gasteiger partial charge is 0.269 e. The molecule has 7 heteroatoms. The van der Waals surface area contributed by atoms with Crippen molar-refractivity contribution in [2.45, 2.75) is 11.4 Å². The number of amides is 1. The Kier molecular flexibility index (Phi) is 5.52. The van der Waals surface area contributed by atoms with E-state index in [1.165, 1.54) is 11.8 Å². The number of benzene rings is 3. The molecular weight excluding hydrogens is 446 g/mol. The second-order valence-corrected chi connectivity index (χ2v) is 9.56. The third kappa shape index (κ3) is 3.99. The van der Waals surface area contributed by atoms with Crippen LogP contribution in [0.15, 0.2) is 98.7 Å². The number of fused-ring (bicyclic) bond motifs is 1. The Hall–Kier alpha value is -2.67. The molecule has 0 saturated carbocycles. The van der Waals surface area contributed by atoms with Crippen LogP contribution < -0.4 is 4.90 Å². The van der Waals surface area contributed by atoms with E-state index in [0.717, 1.165) is 26.9 Å². The van der Waals surface area contributed by atoms with Crippen LogP contribution in [0.4, 0.5) is 11.4 Å². The predicted molar refractivity (Wildman–Crippen MR) is 131 cm³/mol. The molecule has 1 saturated heterocycles. The lowest BCUT2D eigenvalue weighted by Gasteiger charge is -2.17. The molecule has 0 unspecified atom stereocenters. The van der Waals surface area contributed by atoms with Gasteiger partial charge >= 0.3 is 0 Å². The zero-order valence-electron chi connectivity index (χ0n) is 16.7. The van der Waals surface area contributed by atoms with Crippen molar-refractivity contribution in [3.63, 3.8) is 0 Å². The van der Waals surface area contributed by atoms with E-state index in [2.05, 4.69) is 0 Å². The number of thioether (sulfide) groups is 2. The van der Waals surface area contributed by atoms with Gasteiger partial charge in [0.1, 0.15) is 4.91 Å². The van der Waals surface area contributed by atoms with Crippen LogP contribution in [0.3, 0.4) is 0 Å². The van der Waals surface area contributed by atoms with E-state index < -0.39 is 0 Å². The minimum Gasteiger partial charge on any atom is -0.337 e. The van der Waals surface area contributed by atoms with Crippen molar-refractivity contribution in [3.8, 4) is 0 Å². The maximum Gasteiger partial charge on any atom is 0.269 e.